The third kappa shape index (κ3) is 3.69. The molecule has 2 rings (SSSR count). The van der Waals surface area contributed by atoms with Gasteiger partial charge >= 0.3 is 0 Å². The number of nitrogens with two attached hydrogens (primary N) is 1. The van der Waals surface area contributed by atoms with E-state index in [1.807, 2.05) is 13.0 Å². The Bertz CT molecular complexity index is 779. The zero-order valence-corrected chi connectivity index (χ0v) is 13.3. The molecule has 0 spiro atoms. The third-order valence-corrected chi connectivity index (χ3v) is 5.27. The fourth-order valence-electron chi connectivity index (χ4n) is 1.87. The van der Waals surface area contributed by atoms with Crippen LogP contribution in [0.4, 0.5) is 5.69 Å². The van der Waals surface area contributed by atoms with Crippen LogP contribution in [0.25, 0.3) is 0 Å². The number of primary sulfonamides is 1. The molecule has 1 aromatic heterocycles. The summed E-state index contributed by atoms with van der Waals surface area (Å²) >= 11 is 1.42. The molecule has 1 aromatic carbocycles. The SMILES string of the molecule is CCc1ccc(C(=O)Nc2ccc(C)c(S(N)(=O)=O)c2)s1. The highest BCUT2D eigenvalue weighted by Gasteiger charge is 2.14. The van der Waals surface area contributed by atoms with E-state index in [4.69, 9.17) is 5.14 Å². The number of carbonyl (C=O) groups is 1. The van der Waals surface area contributed by atoms with Gasteiger partial charge in [-0.05, 0) is 43.2 Å². The van der Waals surface area contributed by atoms with Crippen LogP contribution in [0.1, 0.15) is 27.0 Å². The van der Waals surface area contributed by atoms with Gasteiger partial charge in [0, 0.05) is 10.6 Å². The van der Waals surface area contributed by atoms with Gasteiger partial charge in [-0.3, -0.25) is 4.79 Å². The summed E-state index contributed by atoms with van der Waals surface area (Å²) in [4.78, 5) is 13.8. The van der Waals surface area contributed by atoms with Gasteiger partial charge in [-0.2, -0.15) is 0 Å². The molecule has 0 aliphatic rings. The lowest BCUT2D eigenvalue weighted by atomic mass is 10.2. The summed E-state index contributed by atoms with van der Waals surface area (Å²) < 4.78 is 22.9. The number of benzene rings is 1. The molecule has 112 valence electrons. The van der Waals surface area contributed by atoms with E-state index in [0.717, 1.165) is 11.3 Å². The van der Waals surface area contributed by atoms with Gasteiger partial charge in [0.1, 0.15) is 0 Å². The Morgan fingerprint density at radius 3 is 2.57 bits per heavy atom. The van der Waals surface area contributed by atoms with Crippen molar-refractivity contribution in [2.75, 3.05) is 5.32 Å². The second-order valence-electron chi connectivity index (χ2n) is 4.60. The lowest BCUT2D eigenvalue weighted by Gasteiger charge is -2.08. The largest absolute Gasteiger partial charge is 0.321 e. The summed E-state index contributed by atoms with van der Waals surface area (Å²) in [6.45, 7) is 3.67. The molecule has 0 aliphatic carbocycles. The summed E-state index contributed by atoms with van der Waals surface area (Å²) in [5.74, 6) is -0.260. The molecule has 0 radical (unpaired) electrons. The van der Waals surface area contributed by atoms with E-state index in [-0.39, 0.29) is 10.8 Å². The highest BCUT2D eigenvalue weighted by molar-refractivity contribution is 7.89. The summed E-state index contributed by atoms with van der Waals surface area (Å²) in [5, 5.41) is 7.84. The number of carbonyl (C=O) groups excluding carboxylic acids is 1. The number of nitrogens with one attached hydrogen (secondary N) is 1. The average Bonchev–Trinajstić information content (AvgIpc) is 2.88. The Hall–Kier alpha value is -1.70. The minimum atomic E-state index is -3.80. The van der Waals surface area contributed by atoms with Crippen LogP contribution in [0.5, 0.6) is 0 Å². The molecule has 2 aromatic rings. The van der Waals surface area contributed by atoms with Gasteiger partial charge in [0.2, 0.25) is 10.0 Å². The molecule has 0 saturated carbocycles. The molecular weight excluding hydrogens is 308 g/mol. The molecule has 0 saturated heterocycles. The highest BCUT2D eigenvalue weighted by Crippen LogP contribution is 2.22. The van der Waals surface area contributed by atoms with Gasteiger partial charge in [-0.15, -0.1) is 11.3 Å². The minimum absolute atomic E-state index is 0.0146. The summed E-state index contributed by atoms with van der Waals surface area (Å²) in [7, 11) is -3.80. The van der Waals surface area contributed by atoms with E-state index >= 15 is 0 Å². The van der Waals surface area contributed by atoms with Crippen molar-refractivity contribution < 1.29 is 13.2 Å². The van der Waals surface area contributed by atoms with Crippen molar-refractivity contribution in [3.05, 3.63) is 45.6 Å². The number of aryl methyl sites for hydroxylation is 2. The van der Waals surface area contributed by atoms with Crippen LogP contribution in [0, 0.1) is 6.92 Å². The zero-order valence-electron chi connectivity index (χ0n) is 11.7. The number of anilines is 1. The zero-order chi connectivity index (χ0) is 15.6. The third-order valence-electron chi connectivity index (χ3n) is 2.99. The van der Waals surface area contributed by atoms with Crippen LogP contribution < -0.4 is 10.5 Å². The van der Waals surface area contributed by atoms with E-state index in [9.17, 15) is 13.2 Å². The minimum Gasteiger partial charge on any atom is -0.321 e. The predicted octanol–water partition coefficient (Wildman–Crippen LogP) is 2.52. The molecule has 1 amide bonds. The van der Waals surface area contributed by atoms with E-state index in [0.29, 0.717) is 16.1 Å². The molecule has 0 bridgehead atoms. The Kier molecular flexibility index (Phi) is 4.46. The fourth-order valence-corrected chi connectivity index (χ4v) is 3.52. The normalized spacial score (nSPS) is 11.4. The number of hydrogen-bond acceptors (Lipinski definition) is 4. The Morgan fingerprint density at radius 2 is 2.00 bits per heavy atom. The van der Waals surface area contributed by atoms with Crippen LogP contribution in [0.15, 0.2) is 35.2 Å². The molecule has 0 atom stereocenters. The first kappa shape index (κ1) is 15.7. The van der Waals surface area contributed by atoms with Crippen LogP contribution >= 0.6 is 11.3 Å². The Morgan fingerprint density at radius 1 is 1.29 bits per heavy atom. The van der Waals surface area contributed by atoms with E-state index < -0.39 is 10.0 Å². The maximum absolute atomic E-state index is 12.1. The number of sulfonamides is 1. The van der Waals surface area contributed by atoms with Gasteiger partial charge in [0.05, 0.1) is 9.77 Å². The van der Waals surface area contributed by atoms with Crippen LogP contribution in [0.2, 0.25) is 0 Å². The number of thiophene rings is 1. The first-order chi connectivity index (χ1) is 9.81. The van der Waals surface area contributed by atoms with Crippen molar-refractivity contribution in [1.82, 2.24) is 0 Å². The second kappa shape index (κ2) is 5.97. The maximum Gasteiger partial charge on any atom is 0.265 e. The quantitative estimate of drug-likeness (QED) is 0.905. The number of amides is 1. The number of rotatable bonds is 4. The van der Waals surface area contributed by atoms with E-state index in [1.54, 1.807) is 25.1 Å². The molecule has 1 heterocycles. The molecule has 5 nitrogen and oxygen atoms in total. The van der Waals surface area contributed by atoms with Crippen molar-refractivity contribution in [3.63, 3.8) is 0 Å². The van der Waals surface area contributed by atoms with Crippen molar-refractivity contribution in [3.8, 4) is 0 Å². The highest BCUT2D eigenvalue weighted by atomic mass is 32.2. The van der Waals surface area contributed by atoms with Gasteiger partial charge in [-0.1, -0.05) is 13.0 Å². The molecule has 0 aliphatic heterocycles. The first-order valence-electron chi connectivity index (χ1n) is 6.34. The smallest absolute Gasteiger partial charge is 0.265 e. The monoisotopic (exact) mass is 324 g/mol. The summed E-state index contributed by atoms with van der Waals surface area (Å²) in [5.41, 5.74) is 0.945. The molecule has 7 heteroatoms. The molecule has 21 heavy (non-hydrogen) atoms. The molecule has 3 N–H and O–H groups in total. The van der Waals surface area contributed by atoms with Crippen molar-refractivity contribution in [1.29, 1.82) is 0 Å². The standard InChI is InChI=1S/C14H16N2O3S2/c1-3-11-6-7-12(20-11)14(17)16-10-5-4-9(2)13(8-10)21(15,18)19/h4-8H,3H2,1-2H3,(H,16,17)(H2,15,18,19). The van der Waals surface area contributed by atoms with Crippen LogP contribution in [0.3, 0.4) is 0 Å². The molecule has 0 unspecified atom stereocenters. The summed E-state index contributed by atoms with van der Waals surface area (Å²) in [6.07, 6.45) is 0.873. The van der Waals surface area contributed by atoms with Crippen LogP contribution in [-0.4, -0.2) is 14.3 Å². The topological polar surface area (TPSA) is 89.3 Å². The van der Waals surface area contributed by atoms with Crippen LogP contribution in [-0.2, 0) is 16.4 Å². The van der Waals surface area contributed by atoms with Crippen molar-refractivity contribution in [2.45, 2.75) is 25.2 Å². The van der Waals surface area contributed by atoms with Gasteiger partial charge < -0.3 is 5.32 Å². The lowest BCUT2D eigenvalue weighted by Crippen LogP contribution is -2.15. The van der Waals surface area contributed by atoms with Gasteiger partial charge in [-0.25, -0.2) is 13.6 Å². The Labute approximate surface area is 127 Å². The molecular formula is C14H16N2O3S2. The maximum atomic E-state index is 12.1. The second-order valence-corrected chi connectivity index (χ2v) is 7.30. The van der Waals surface area contributed by atoms with Crippen molar-refractivity contribution >= 4 is 33.0 Å². The predicted molar refractivity (Wildman–Crippen MR) is 84.2 cm³/mol. The number of hydrogen-bond donors (Lipinski definition) is 2. The summed E-state index contributed by atoms with van der Waals surface area (Å²) in [6, 6.07) is 8.30. The first-order valence-corrected chi connectivity index (χ1v) is 8.71. The fraction of sp³-hybridized carbons (Fsp3) is 0.214. The van der Waals surface area contributed by atoms with Gasteiger partial charge in [0.25, 0.3) is 5.91 Å². The van der Waals surface area contributed by atoms with E-state index in [2.05, 4.69) is 5.32 Å². The lowest BCUT2D eigenvalue weighted by molar-refractivity contribution is 0.103. The van der Waals surface area contributed by atoms with E-state index in [1.165, 1.54) is 17.4 Å². The van der Waals surface area contributed by atoms with Gasteiger partial charge in [0.15, 0.2) is 0 Å². The van der Waals surface area contributed by atoms with Crippen molar-refractivity contribution in [2.24, 2.45) is 5.14 Å². The molecule has 0 fully saturated rings. The Balaban J connectivity index is 2.26. The average molecular weight is 324 g/mol.